The van der Waals surface area contributed by atoms with Crippen molar-refractivity contribution in [2.75, 3.05) is 13.7 Å². The molecular formula is C34H54O3SSi. The Kier molecular flexibility index (Phi) is 8.62. The van der Waals surface area contributed by atoms with Crippen molar-refractivity contribution in [3.8, 4) is 0 Å². The highest BCUT2D eigenvalue weighted by Gasteiger charge is 2.63. The van der Waals surface area contributed by atoms with Crippen molar-refractivity contribution < 1.29 is 14.9 Å². The molecule has 3 nitrogen and oxygen atoms in total. The summed E-state index contributed by atoms with van der Waals surface area (Å²) in [5.74, 6) is 3.24. The molecule has 5 heteroatoms. The van der Waals surface area contributed by atoms with Crippen molar-refractivity contribution in [3.05, 3.63) is 40.9 Å². The first-order valence-electron chi connectivity index (χ1n) is 15.7. The van der Waals surface area contributed by atoms with Crippen LogP contribution in [0.2, 0.25) is 19.6 Å². The number of rotatable bonds is 8. The van der Waals surface area contributed by atoms with Crippen LogP contribution in [0.25, 0.3) is 0 Å². The van der Waals surface area contributed by atoms with Gasteiger partial charge in [-0.3, -0.25) is 0 Å². The average Bonchev–Trinajstić information content (AvgIpc) is 3.25. The summed E-state index contributed by atoms with van der Waals surface area (Å²) in [6.45, 7) is 12.8. The Morgan fingerprint density at radius 3 is 2.38 bits per heavy atom. The van der Waals surface area contributed by atoms with Gasteiger partial charge in [0.15, 0.2) is 0 Å². The molecule has 0 bridgehead atoms. The summed E-state index contributed by atoms with van der Waals surface area (Å²) < 4.78 is 7.24. The fraction of sp³-hybridized carbons (Fsp3) is 0.765. The van der Waals surface area contributed by atoms with Gasteiger partial charge >= 0.3 is 0 Å². The van der Waals surface area contributed by atoms with E-state index in [0.717, 1.165) is 31.1 Å². The van der Waals surface area contributed by atoms with Crippen LogP contribution in [0.3, 0.4) is 0 Å². The first-order chi connectivity index (χ1) is 18.4. The number of ether oxygens (including phenoxy) is 1. The van der Waals surface area contributed by atoms with Crippen molar-refractivity contribution >= 4 is 19.8 Å². The van der Waals surface area contributed by atoms with Crippen molar-refractivity contribution in [1.29, 1.82) is 0 Å². The number of benzene rings is 1. The summed E-state index contributed by atoms with van der Waals surface area (Å²) in [6.07, 6.45) is 13.7. The Morgan fingerprint density at radius 1 is 1.00 bits per heavy atom. The number of thioether (sulfide) groups is 1. The van der Waals surface area contributed by atoms with Crippen molar-refractivity contribution in [2.24, 2.45) is 40.4 Å². The predicted molar refractivity (Wildman–Crippen MR) is 166 cm³/mol. The van der Waals surface area contributed by atoms with E-state index in [1.165, 1.54) is 47.9 Å². The van der Waals surface area contributed by atoms with Gasteiger partial charge in [-0.2, -0.15) is 0 Å². The number of aliphatic hydroxyl groups is 2. The van der Waals surface area contributed by atoms with Gasteiger partial charge in [-0.15, -0.1) is 0 Å². The minimum atomic E-state index is -1.58. The first-order valence-corrected chi connectivity index (χ1v) is 20.1. The van der Waals surface area contributed by atoms with E-state index in [2.05, 4.69) is 69.9 Å². The summed E-state index contributed by atoms with van der Waals surface area (Å²) in [5.41, 5.74) is -0.261. The molecular weight excluding hydrogens is 517 g/mol. The minimum Gasteiger partial charge on any atom is -0.393 e. The zero-order valence-corrected chi connectivity index (χ0v) is 27.2. The van der Waals surface area contributed by atoms with E-state index in [1.54, 1.807) is 7.11 Å². The summed E-state index contributed by atoms with van der Waals surface area (Å²) in [4.78, 5) is 1.28. The molecule has 39 heavy (non-hydrogen) atoms. The maximum absolute atomic E-state index is 12.5. The van der Waals surface area contributed by atoms with Crippen molar-refractivity contribution in [2.45, 2.75) is 114 Å². The van der Waals surface area contributed by atoms with Crippen LogP contribution in [0.15, 0.2) is 45.8 Å². The maximum Gasteiger partial charge on any atom is 0.0947 e. The van der Waals surface area contributed by atoms with Gasteiger partial charge in [-0.05, 0) is 121 Å². The second-order valence-corrected chi connectivity index (χ2v) is 21.8. The van der Waals surface area contributed by atoms with E-state index < -0.39 is 13.7 Å². The fourth-order valence-electron chi connectivity index (χ4n) is 10.1. The highest BCUT2D eigenvalue weighted by molar-refractivity contribution is 8.05. The Labute approximate surface area is 243 Å². The smallest absolute Gasteiger partial charge is 0.0947 e. The Bertz CT molecular complexity index is 1020. The number of hydrogen-bond acceptors (Lipinski definition) is 4. The first kappa shape index (κ1) is 29.9. The second kappa shape index (κ2) is 11.2. The Balaban J connectivity index is 1.38. The van der Waals surface area contributed by atoms with E-state index in [1.807, 2.05) is 11.8 Å². The molecule has 5 rings (SSSR count). The van der Waals surface area contributed by atoms with E-state index in [4.69, 9.17) is 4.74 Å². The normalized spacial score (nSPS) is 40.4. The zero-order chi connectivity index (χ0) is 28.1. The third-order valence-electron chi connectivity index (χ3n) is 12.0. The standard InChI is InChI=1S/C34H54O3SSi/c1-32-19-16-25(35)22-24(32)12-13-27-28-14-15-30(33(28,2)20-17-29(27)32)34(36,23-37-3)21-18-31(39(4,5)6)38-26-10-8-7-9-11-26/h7-11,18,24-25,27-30,35-36H,12-17,19-23H2,1-6H3/b31-18+/t24-,25+,27+,28+,29+,30+,32+,33+,34-/m1/s1. The molecule has 0 saturated heterocycles. The molecule has 0 aliphatic heterocycles. The van der Waals surface area contributed by atoms with Gasteiger partial charge in [-0.1, -0.05) is 69.5 Å². The van der Waals surface area contributed by atoms with Crippen LogP contribution in [0.1, 0.15) is 78.1 Å². The topological polar surface area (TPSA) is 49.7 Å². The lowest BCUT2D eigenvalue weighted by molar-refractivity contribution is -0.155. The van der Waals surface area contributed by atoms with Crippen molar-refractivity contribution in [1.82, 2.24) is 0 Å². The predicted octanol–water partition coefficient (Wildman–Crippen LogP) is 8.33. The maximum atomic E-state index is 12.5. The molecule has 9 atom stereocenters. The highest BCUT2D eigenvalue weighted by Crippen LogP contribution is 2.68. The molecule has 1 aromatic rings. The van der Waals surface area contributed by atoms with Crippen LogP contribution in [0.4, 0.5) is 0 Å². The molecule has 4 saturated carbocycles. The Hall–Kier alpha value is -0.593. The van der Waals surface area contributed by atoms with Crippen LogP contribution < -0.4 is 0 Å². The fourth-order valence-corrected chi connectivity index (χ4v) is 13.1. The van der Waals surface area contributed by atoms with Gasteiger partial charge in [0.1, 0.15) is 0 Å². The lowest BCUT2D eigenvalue weighted by Gasteiger charge is -2.61. The van der Waals surface area contributed by atoms with E-state index in [9.17, 15) is 10.2 Å². The van der Waals surface area contributed by atoms with Gasteiger partial charge < -0.3 is 14.9 Å². The van der Waals surface area contributed by atoms with Crippen LogP contribution in [-0.4, -0.2) is 43.7 Å². The summed E-state index contributed by atoms with van der Waals surface area (Å²) in [7, 11) is 0.178. The molecule has 2 N–H and O–H groups in total. The van der Waals surface area contributed by atoms with Crippen LogP contribution >= 0.6 is 11.8 Å². The largest absolute Gasteiger partial charge is 0.393 e. The molecule has 0 amide bonds. The molecule has 218 valence electrons. The molecule has 0 heterocycles. The second-order valence-electron chi connectivity index (χ2n) is 15.2. The Morgan fingerprint density at radius 2 is 1.69 bits per heavy atom. The zero-order valence-electron chi connectivity index (χ0n) is 25.4. The average molecular weight is 571 g/mol. The summed E-state index contributed by atoms with van der Waals surface area (Å²) in [6, 6.07) is 10.7. The third kappa shape index (κ3) is 5.61. The molecule has 4 aliphatic carbocycles. The van der Waals surface area contributed by atoms with Gasteiger partial charge in [0.25, 0.3) is 0 Å². The molecule has 4 aliphatic rings. The third-order valence-corrected chi connectivity index (χ3v) is 16.8. The van der Waals surface area contributed by atoms with E-state index in [0.29, 0.717) is 30.3 Å². The van der Waals surface area contributed by atoms with E-state index >= 15 is 0 Å². The van der Waals surface area contributed by atoms with Gasteiger partial charge in [-0.25, -0.2) is 0 Å². The molecule has 0 aromatic heterocycles. The lowest BCUT2D eigenvalue weighted by atomic mass is 9.44. The number of hydrogen-bond donors (Lipinski definition) is 2. The molecule has 4 fully saturated rings. The number of fused-ring (bicyclic) bond motifs is 5. The monoisotopic (exact) mass is 570 g/mol. The quantitative estimate of drug-likeness (QED) is 0.244. The molecule has 1 aromatic carbocycles. The summed E-state index contributed by atoms with van der Waals surface area (Å²) >= 11 is 1.90. The molecule has 0 radical (unpaired) electrons. The lowest BCUT2D eigenvalue weighted by Crippen LogP contribution is -2.56. The molecule has 0 unspecified atom stereocenters. The van der Waals surface area contributed by atoms with Crippen LogP contribution in [-0.2, 0) is 4.74 Å². The SMILES string of the molecule is COC[C@](O)(C/C=C(\Sc1ccccc1)[Si](C)(C)C)[C@H]1CC[C@H]2[C@@H]3CC[C@@H]4C[C@@H](O)CC[C@]4(C)[C@H]3CC[C@]12C. The van der Waals surface area contributed by atoms with Gasteiger partial charge in [0.05, 0.1) is 26.4 Å². The molecule has 0 spiro atoms. The summed E-state index contributed by atoms with van der Waals surface area (Å²) in [5, 5.41) is 22.9. The minimum absolute atomic E-state index is 0.0810. The van der Waals surface area contributed by atoms with Crippen LogP contribution in [0.5, 0.6) is 0 Å². The number of methoxy groups -OCH3 is 1. The highest BCUT2D eigenvalue weighted by atomic mass is 32.2. The number of aliphatic hydroxyl groups excluding tert-OH is 1. The van der Waals surface area contributed by atoms with E-state index in [-0.39, 0.29) is 17.4 Å². The van der Waals surface area contributed by atoms with Gasteiger partial charge in [0, 0.05) is 12.0 Å². The van der Waals surface area contributed by atoms with Crippen LogP contribution in [0, 0.1) is 40.4 Å². The van der Waals surface area contributed by atoms with Gasteiger partial charge in [0.2, 0.25) is 0 Å². The van der Waals surface area contributed by atoms with Crippen molar-refractivity contribution in [3.63, 3.8) is 0 Å².